The molecule has 0 aromatic heterocycles. The number of hydrogen-bond donors (Lipinski definition) is 0. The first kappa shape index (κ1) is 5.79. The second-order valence-electron chi connectivity index (χ2n) is 1.06. The molecule has 0 aromatic rings. The fraction of sp³-hybridized carbons (Fsp3) is 1.00. The van der Waals surface area contributed by atoms with Crippen molar-refractivity contribution in [3.05, 3.63) is 0 Å². The van der Waals surface area contributed by atoms with E-state index in [1.54, 1.807) is 0 Å². The molecular weight excluding hydrogens is 176 g/mol. The molecule has 0 nitrogen and oxygen atoms in total. The van der Waals surface area contributed by atoms with Gasteiger partial charge in [-0.05, 0) is 0 Å². The van der Waals surface area contributed by atoms with Crippen LogP contribution in [0.5, 0.6) is 0 Å². The van der Waals surface area contributed by atoms with Gasteiger partial charge in [-0.1, -0.05) is 0 Å². The van der Waals surface area contributed by atoms with Crippen molar-refractivity contribution in [3.8, 4) is 0 Å². The zero-order valence-electron chi connectivity index (χ0n) is 3.53. The summed E-state index contributed by atoms with van der Waals surface area (Å²) in [6.07, 6.45) is 2.74. The Labute approximate surface area is 46.9 Å². The number of rotatable bonds is 2. The monoisotopic (exact) mass is 187 g/mol. The first-order valence-electron chi connectivity index (χ1n) is 2.00. The molecule has 0 fully saturated rings. The molecule has 0 atom stereocenters. The van der Waals surface area contributed by atoms with E-state index < -0.39 is 0 Å². The zero-order chi connectivity index (χ0) is 4.12. The summed E-state index contributed by atoms with van der Waals surface area (Å²) in [5.41, 5.74) is 0. The van der Waals surface area contributed by atoms with Crippen LogP contribution in [0.25, 0.3) is 0 Å². The van der Waals surface area contributed by atoms with Crippen LogP contribution in [0.15, 0.2) is 0 Å². The van der Waals surface area contributed by atoms with Gasteiger partial charge in [-0.2, -0.15) is 0 Å². The molecular formula is C4H9Te. The van der Waals surface area contributed by atoms with Crippen LogP contribution in [-0.2, 0) is 0 Å². The molecule has 0 aliphatic carbocycles. The van der Waals surface area contributed by atoms with Gasteiger partial charge in [-0.15, -0.1) is 0 Å². The number of hydrogen-bond acceptors (Lipinski definition) is 0. The molecule has 0 N–H and O–H groups in total. The molecule has 0 saturated heterocycles. The minimum atomic E-state index is 1.35. The normalized spacial score (nSPS) is 8.40. The summed E-state index contributed by atoms with van der Waals surface area (Å²) in [6, 6.07) is 0. The van der Waals surface area contributed by atoms with Crippen molar-refractivity contribution in [3.63, 3.8) is 0 Å². The minimum absolute atomic E-state index is 1.35. The standard InChI is InChI=1S/C4H9Te/c1-2-3-4-5/h2-4H2,1H3. The van der Waals surface area contributed by atoms with Gasteiger partial charge in [0.25, 0.3) is 0 Å². The third-order valence-corrected chi connectivity index (χ3v) is 1.32. The molecule has 0 saturated carbocycles. The van der Waals surface area contributed by atoms with Gasteiger partial charge in [0.2, 0.25) is 0 Å². The molecule has 0 aliphatic heterocycles. The van der Waals surface area contributed by atoms with Crippen molar-refractivity contribution in [1.29, 1.82) is 0 Å². The Kier molecular flexibility index (Phi) is 5.55. The van der Waals surface area contributed by atoms with Crippen molar-refractivity contribution in [1.82, 2.24) is 0 Å². The molecule has 0 amide bonds. The fourth-order valence-corrected chi connectivity index (χ4v) is 0.968. The molecule has 0 unspecified atom stereocenters. The summed E-state index contributed by atoms with van der Waals surface area (Å²) in [5.74, 6) is 0. The molecule has 0 aliphatic rings. The Morgan fingerprint density at radius 1 is 1.60 bits per heavy atom. The van der Waals surface area contributed by atoms with Crippen molar-refractivity contribution in [2.75, 3.05) is 0 Å². The van der Waals surface area contributed by atoms with E-state index in [2.05, 4.69) is 29.2 Å². The van der Waals surface area contributed by atoms with Crippen LogP contribution in [0.1, 0.15) is 19.8 Å². The van der Waals surface area contributed by atoms with Gasteiger partial charge in [0.1, 0.15) is 0 Å². The van der Waals surface area contributed by atoms with Gasteiger partial charge in [0.05, 0.1) is 0 Å². The van der Waals surface area contributed by atoms with Crippen molar-refractivity contribution < 1.29 is 0 Å². The number of unbranched alkanes of at least 4 members (excludes halogenated alkanes) is 1. The maximum atomic E-state index is 2.21. The zero-order valence-corrected chi connectivity index (χ0v) is 5.86. The average Bonchev–Trinajstić information content (AvgIpc) is 1.41. The molecule has 31 valence electrons. The van der Waals surface area contributed by atoms with Gasteiger partial charge in [0, 0.05) is 0 Å². The van der Waals surface area contributed by atoms with Crippen LogP contribution < -0.4 is 0 Å². The second-order valence-corrected chi connectivity index (χ2v) is 2.22. The van der Waals surface area contributed by atoms with Crippen LogP contribution in [0.4, 0.5) is 0 Å². The summed E-state index contributed by atoms with van der Waals surface area (Å²) in [7, 11) is 0. The quantitative estimate of drug-likeness (QED) is 0.569. The molecule has 0 aromatic carbocycles. The van der Waals surface area contributed by atoms with E-state index in [-0.39, 0.29) is 0 Å². The van der Waals surface area contributed by atoms with E-state index in [1.165, 1.54) is 17.3 Å². The molecule has 0 rings (SSSR count). The first-order valence-corrected chi connectivity index (χ1v) is 3.64. The molecule has 5 heavy (non-hydrogen) atoms. The predicted molar refractivity (Wildman–Crippen MR) is 25.5 cm³/mol. The summed E-state index contributed by atoms with van der Waals surface area (Å²) < 4.78 is 1.35. The Hall–Kier alpha value is 0.790. The molecule has 0 bridgehead atoms. The van der Waals surface area contributed by atoms with Crippen LogP contribution in [0.3, 0.4) is 0 Å². The van der Waals surface area contributed by atoms with Gasteiger partial charge in [-0.3, -0.25) is 0 Å². The average molecular weight is 185 g/mol. The molecule has 0 heterocycles. The van der Waals surface area contributed by atoms with Crippen molar-refractivity contribution in [2.45, 2.75) is 24.2 Å². The van der Waals surface area contributed by atoms with Crippen LogP contribution in [0.2, 0.25) is 4.47 Å². The van der Waals surface area contributed by atoms with Crippen LogP contribution >= 0.6 is 0 Å². The Balaban J connectivity index is 2.19. The SMILES string of the molecule is CCCC[Te]. The van der Waals surface area contributed by atoms with E-state index in [0.717, 1.165) is 0 Å². The van der Waals surface area contributed by atoms with Crippen LogP contribution in [-0.4, -0.2) is 22.3 Å². The van der Waals surface area contributed by atoms with E-state index in [0.29, 0.717) is 0 Å². The van der Waals surface area contributed by atoms with E-state index in [1.807, 2.05) is 0 Å². The Morgan fingerprint density at radius 3 is 2.20 bits per heavy atom. The summed E-state index contributed by atoms with van der Waals surface area (Å²) in [5, 5.41) is 0. The third kappa shape index (κ3) is 4.79. The fourth-order valence-electron chi connectivity index (χ4n) is 0.144. The van der Waals surface area contributed by atoms with Crippen molar-refractivity contribution in [2.24, 2.45) is 0 Å². The summed E-state index contributed by atoms with van der Waals surface area (Å²) in [6.45, 7) is 2.21. The molecule has 0 spiro atoms. The van der Waals surface area contributed by atoms with E-state index >= 15 is 0 Å². The first-order chi connectivity index (χ1) is 2.41. The Morgan fingerprint density at radius 2 is 2.20 bits per heavy atom. The summed E-state index contributed by atoms with van der Waals surface area (Å²) >= 11 is 2.15. The maximum absolute atomic E-state index is 2.21. The van der Waals surface area contributed by atoms with Gasteiger partial charge >= 0.3 is 46.5 Å². The van der Waals surface area contributed by atoms with E-state index in [4.69, 9.17) is 0 Å². The molecule has 1 radical (unpaired) electrons. The predicted octanol–water partition coefficient (Wildman–Crippen LogP) is 1.37. The van der Waals surface area contributed by atoms with Crippen LogP contribution in [0, 0.1) is 0 Å². The molecule has 1 heteroatoms. The van der Waals surface area contributed by atoms with E-state index in [9.17, 15) is 0 Å². The third-order valence-electron chi connectivity index (χ3n) is 0.498. The van der Waals surface area contributed by atoms with Gasteiger partial charge in [-0.25, -0.2) is 0 Å². The topological polar surface area (TPSA) is 0 Å². The Bertz CT molecular complexity index is 11.1. The second kappa shape index (κ2) is 4.79. The van der Waals surface area contributed by atoms with Gasteiger partial charge in [0.15, 0.2) is 0 Å². The van der Waals surface area contributed by atoms with Gasteiger partial charge < -0.3 is 0 Å². The summed E-state index contributed by atoms with van der Waals surface area (Å²) in [4.78, 5) is 0. The van der Waals surface area contributed by atoms with Crippen molar-refractivity contribution >= 4 is 22.3 Å².